The van der Waals surface area contributed by atoms with Gasteiger partial charge in [-0.1, -0.05) is 0 Å². The lowest BCUT2D eigenvalue weighted by Crippen LogP contribution is -2.15. The zero-order chi connectivity index (χ0) is 15.8. The summed E-state index contributed by atoms with van der Waals surface area (Å²) in [6.45, 7) is 1.63. The van der Waals surface area contributed by atoms with Crippen molar-refractivity contribution in [3.8, 4) is 0 Å². The number of nitrogens with one attached hydrogen (secondary N) is 1. The number of hydrogen-bond acceptors (Lipinski definition) is 3. The van der Waals surface area contributed by atoms with Crippen molar-refractivity contribution in [2.75, 3.05) is 10.5 Å². The summed E-state index contributed by atoms with van der Waals surface area (Å²) in [5.41, 5.74) is 5.66. The minimum atomic E-state index is -4.17. The van der Waals surface area contributed by atoms with Crippen LogP contribution >= 0.6 is 0 Å². The molecule has 0 aliphatic carbocycles. The standard InChI is InChI=1S/C13H11F3N2O2S/c1-7-2-8(17)4-9(3-7)21(19,20)18-13-6-11(15)10(14)5-12(13)16/h2-6,18H,17H2,1H3. The Labute approximate surface area is 119 Å². The van der Waals surface area contributed by atoms with Gasteiger partial charge in [0.15, 0.2) is 11.6 Å². The van der Waals surface area contributed by atoms with E-state index in [9.17, 15) is 21.6 Å². The molecule has 0 heterocycles. The molecular weight excluding hydrogens is 305 g/mol. The lowest BCUT2D eigenvalue weighted by Gasteiger charge is -2.10. The summed E-state index contributed by atoms with van der Waals surface area (Å²) in [6, 6.07) is 4.74. The molecule has 2 rings (SSSR count). The normalized spacial score (nSPS) is 11.4. The van der Waals surface area contributed by atoms with Gasteiger partial charge in [-0.05, 0) is 30.7 Å². The second-order valence-corrected chi connectivity index (χ2v) is 6.11. The van der Waals surface area contributed by atoms with Gasteiger partial charge in [-0.25, -0.2) is 21.6 Å². The van der Waals surface area contributed by atoms with E-state index in [1.807, 2.05) is 4.72 Å². The predicted octanol–water partition coefficient (Wildman–Crippen LogP) is 2.80. The summed E-state index contributed by atoms with van der Waals surface area (Å²) in [4.78, 5) is -0.205. The van der Waals surface area contributed by atoms with E-state index < -0.39 is 33.2 Å². The van der Waals surface area contributed by atoms with Crippen LogP contribution in [0.4, 0.5) is 24.5 Å². The lowest BCUT2D eigenvalue weighted by molar-refractivity contribution is 0.496. The van der Waals surface area contributed by atoms with Gasteiger partial charge in [-0.3, -0.25) is 4.72 Å². The highest BCUT2D eigenvalue weighted by atomic mass is 32.2. The lowest BCUT2D eigenvalue weighted by atomic mass is 10.2. The van der Waals surface area contributed by atoms with E-state index in [1.165, 1.54) is 12.1 Å². The van der Waals surface area contributed by atoms with E-state index in [0.29, 0.717) is 11.6 Å². The van der Waals surface area contributed by atoms with Crippen molar-refractivity contribution in [3.63, 3.8) is 0 Å². The molecule has 0 atom stereocenters. The third-order valence-corrected chi connectivity index (χ3v) is 3.98. The highest BCUT2D eigenvalue weighted by Crippen LogP contribution is 2.23. The first-order valence-corrected chi connectivity index (χ1v) is 7.22. The number of rotatable bonds is 3. The maximum atomic E-state index is 13.5. The molecule has 0 aliphatic rings. The molecule has 2 aromatic rings. The Balaban J connectivity index is 2.44. The van der Waals surface area contributed by atoms with Crippen molar-refractivity contribution in [1.82, 2.24) is 0 Å². The number of nitrogen functional groups attached to an aromatic ring is 1. The van der Waals surface area contributed by atoms with Gasteiger partial charge in [0.1, 0.15) is 5.82 Å². The summed E-state index contributed by atoms with van der Waals surface area (Å²) < 4.78 is 65.4. The number of aryl methyl sites for hydroxylation is 1. The molecule has 8 heteroatoms. The first kappa shape index (κ1) is 15.2. The summed E-state index contributed by atoms with van der Waals surface area (Å²) in [7, 11) is -4.17. The van der Waals surface area contributed by atoms with Gasteiger partial charge in [0.05, 0.1) is 10.6 Å². The number of anilines is 2. The summed E-state index contributed by atoms with van der Waals surface area (Å²) in [5, 5.41) is 0. The second kappa shape index (κ2) is 5.28. The first-order chi connectivity index (χ1) is 9.69. The van der Waals surface area contributed by atoms with E-state index in [2.05, 4.69) is 0 Å². The van der Waals surface area contributed by atoms with E-state index in [1.54, 1.807) is 13.0 Å². The van der Waals surface area contributed by atoms with Gasteiger partial charge >= 0.3 is 0 Å². The predicted molar refractivity (Wildman–Crippen MR) is 72.7 cm³/mol. The fraction of sp³-hybridized carbons (Fsp3) is 0.0769. The molecule has 0 radical (unpaired) electrons. The zero-order valence-electron chi connectivity index (χ0n) is 10.8. The second-order valence-electron chi connectivity index (χ2n) is 4.43. The molecule has 21 heavy (non-hydrogen) atoms. The van der Waals surface area contributed by atoms with Crippen LogP contribution in [-0.4, -0.2) is 8.42 Å². The first-order valence-electron chi connectivity index (χ1n) is 5.73. The van der Waals surface area contributed by atoms with Gasteiger partial charge in [0.25, 0.3) is 10.0 Å². The van der Waals surface area contributed by atoms with Gasteiger partial charge in [-0.2, -0.15) is 0 Å². The minimum Gasteiger partial charge on any atom is -0.399 e. The molecule has 0 amide bonds. The highest BCUT2D eigenvalue weighted by molar-refractivity contribution is 7.92. The van der Waals surface area contributed by atoms with Crippen LogP contribution in [0.15, 0.2) is 35.2 Å². The van der Waals surface area contributed by atoms with E-state index >= 15 is 0 Å². The monoisotopic (exact) mass is 316 g/mol. The largest absolute Gasteiger partial charge is 0.399 e. The third kappa shape index (κ3) is 3.27. The van der Waals surface area contributed by atoms with Gasteiger partial charge in [0, 0.05) is 17.8 Å². The van der Waals surface area contributed by atoms with Crippen LogP contribution in [0.3, 0.4) is 0 Å². The fourth-order valence-electron chi connectivity index (χ4n) is 1.74. The number of sulfonamides is 1. The van der Waals surface area contributed by atoms with Crippen LogP contribution in [0.1, 0.15) is 5.56 Å². The van der Waals surface area contributed by atoms with Crippen molar-refractivity contribution in [2.45, 2.75) is 11.8 Å². The van der Waals surface area contributed by atoms with E-state index in [0.717, 1.165) is 0 Å². The van der Waals surface area contributed by atoms with Crippen LogP contribution in [0.2, 0.25) is 0 Å². The van der Waals surface area contributed by atoms with E-state index in [4.69, 9.17) is 5.73 Å². The summed E-state index contributed by atoms with van der Waals surface area (Å²) in [6.07, 6.45) is 0. The van der Waals surface area contributed by atoms with E-state index in [-0.39, 0.29) is 16.6 Å². The quantitative estimate of drug-likeness (QED) is 0.675. The average Bonchev–Trinajstić information content (AvgIpc) is 2.34. The summed E-state index contributed by atoms with van der Waals surface area (Å²) in [5.74, 6) is -3.99. The Morgan fingerprint density at radius 3 is 2.19 bits per heavy atom. The smallest absolute Gasteiger partial charge is 0.262 e. The molecule has 0 bridgehead atoms. The zero-order valence-corrected chi connectivity index (χ0v) is 11.6. The third-order valence-electron chi connectivity index (χ3n) is 2.64. The minimum absolute atomic E-state index is 0.205. The molecule has 0 aliphatic heterocycles. The Morgan fingerprint density at radius 2 is 1.57 bits per heavy atom. The molecule has 0 unspecified atom stereocenters. The Kier molecular flexibility index (Phi) is 3.82. The molecular formula is C13H11F3N2O2S. The molecule has 0 saturated carbocycles. The molecule has 0 fully saturated rings. The van der Waals surface area contributed by atoms with Gasteiger partial charge < -0.3 is 5.73 Å². The van der Waals surface area contributed by atoms with Gasteiger partial charge in [-0.15, -0.1) is 0 Å². The molecule has 0 spiro atoms. The fourth-order valence-corrected chi connectivity index (χ4v) is 2.93. The number of halogens is 3. The topological polar surface area (TPSA) is 72.2 Å². The molecule has 0 saturated heterocycles. The van der Waals surface area contributed by atoms with Crippen LogP contribution < -0.4 is 10.5 Å². The van der Waals surface area contributed by atoms with Crippen molar-refractivity contribution in [2.24, 2.45) is 0 Å². The number of hydrogen-bond donors (Lipinski definition) is 2. The van der Waals surface area contributed by atoms with Crippen LogP contribution in [0.5, 0.6) is 0 Å². The van der Waals surface area contributed by atoms with Crippen LogP contribution in [0.25, 0.3) is 0 Å². The van der Waals surface area contributed by atoms with Gasteiger partial charge in [0.2, 0.25) is 0 Å². The molecule has 112 valence electrons. The Morgan fingerprint density at radius 1 is 0.952 bits per heavy atom. The molecule has 4 nitrogen and oxygen atoms in total. The number of benzene rings is 2. The van der Waals surface area contributed by atoms with Crippen molar-refractivity contribution < 1.29 is 21.6 Å². The molecule has 3 N–H and O–H groups in total. The van der Waals surface area contributed by atoms with Crippen molar-refractivity contribution in [3.05, 3.63) is 53.3 Å². The molecule has 2 aromatic carbocycles. The number of nitrogens with two attached hydrogens (primary N) is 1. The Hall–Kier alpha value is -2.22. The van der Waals surface area contributed by atoms with Crippen molar-refractivity contribution >= 4 is 21.4 Å². The Bertz CT molecular complexity index is 787. The maximum absolute atomic E-state index is 13.5. The highest BCUT2D eigenvalue weighted by Gasteiger charge is 2.19. The van der Waals surface area contributed by atoms with Crippen molar-refractivity contribution in [1.29, 1.82) is 0 Å². The summed E-state index contributed by atoms with van der Waals surface area (Å²) >= 11 is 0. The van der Waals surface area contributed by atoms with Crippen LogP contribution in [0, 0.1) is 24.4 Å². The average molecular weight is 316 g/mol. The molecule has 0 aromatic heterocycles. The maximum Gasteiger partial charge on any atom is 0.262 e. The van der Waals surface area contributed by atoms with Crippen LogP contribution in [-0.2, 0) is 10.0 Å². The SMILES string of the molecule is Cc1cc(N)cc(S(=O)(=O)Nc2cc(F)c(F)cc2F)c1.